The monoisotopic (exact) mass is 478 g/mol. The van der Waals surface area contributed by atoms with Crippen molar-refractivity contribution >= 4 is 27.5 Å². The van der Waals surface area contributed by atoms with Gasteiger partial charge in [-0.15, -0.1) is 0 Å². The van der Waals surface area contributed by atoms with Crippen molar-refractivity contribution in [1.82, 2.24) is 0 Å². The smallest absolute Gasteiger partial charge is 0.174 e. The van der Waals surface area contributed by atoms with E-state index in [1.54, 1.807) is 31.2 Å². The number of ether oxygens (including phenoxy) is 1. The number of carbonyl (C=O) groups excluding carboxylic acids is 2. The summed E-state index contributed by atoms with van der Waals surface area (Å²) in [7, 11) is 0. The number of Topliss-reactive ketones (excluding diaryl/α,β-unsaturated/α-hetero) is 1. The van der Waals surface area contributed by atoms with E-state index in [1.807, 2.05) is 36.4 Å². The lowest BCUT2D eigenvalue weighted by molar-refractivity contribution is -0.128. The van der Waals surface area contributed by atoms with Crippen LogP contribution in [0.25, 0.3) is 0 Å². The Bertz CT molecular complexity index is 1120. The standard InChI is InChI=1S/C26H23BrO4/c1-3-18-9-12-21-25(30)16(2)13-23(29)26(21,27)24(18)20-11-10-19(14-22(20)28)31-15-17-7-5-4-6-8-17/h3-11,13-14,21,24,28H,1,12,15H2,2H3/t21-,24+,26+/m0/s1. The van der Waals surface area contributed by atoms with Gasteiger partial charge in [0.15, 0.2) is 11.6 Å². The largest absolute Gasteiger partial charge is 0.508 e. The summed E-state index contributed by atoms with van der Waals surface area (Å²) in [5, 5.41) is 10.9. The second-order valence-corrected chi connectivity index (χ2v) is 9.26. The van der Waals surface area contributed by atoms with Crippen LogP contribution in [0.3, 0.4) is 0 Å². The number of rotatable bonds is 5. The Morgan fingerprint density at radius 1 is 1.23 bits per heavy atom. The number of aromatic hydroxyl groups is 1. The van der Waals surface area contributed by atoms with Crippen LogP contribution in [-0.2, 0) is 16.2 Å². The zero-order chi connectivity index (χ0) is 22.2. The van der Waals surface area contributed by atoms with Gasteiger partial charge in [0, 0.05) is 23.5 Å². The number of hydrogen-bond acceptors (Lipinski definition) is 4. The first-order valence-electron chi connectivity index (χ1n) is 10.1. The van der Waals surface area contributed by atoms with Crippen LogP contribution in [-0.4, -0.2) is 21.0 Å². The molecule has 3 atom stereocenters. The van der Waals surface area contributed by atoms with Crippen molar-refractivity contribution in [2.45, 2.75) is 30.2 Å². The number of carbonyl (C=O) groups is 2. The summed E-state index contributed by atoms with van der Waals surface area (Å²) in [5.74, 6) is -0.778. The van der Waals surface area contributed by atoms with E-state index in [1.165, 1.54) is 6.08 Å². The molecule has 5 heteroatoms. The van der Waals surface area contributed by atoms with Crippen LogP contribution in [0.2, 0.25) is 0 Å². The molecule has 4 nitrogen and oxygen atoms in total. The van der Waals surface area contributed by atoms with Gasteiger partial charge in [0.1, 0.15) is 22.4 Å². The van der Waals surface area contributed by atoms with Crippen LogP contribution >= 0.6 is 15.9 Å². The van der Waals surface area contributed by atoms with Gasteiger partial charge in [0.25, 0.3) is 0 Å². The van der Waals surface area contributed by atoms with Crippen molar-refractivity contribution in [2.75, 3.05) is 0 Å². The van der Waals surface area contributed by atoms with Crippen LogP contribution in [0.15, 0.2) is 84.5 Å². The molecule has 2 aliphatic carbocycles. The number of alkyl halides is 1. The lowest BCUT2D eigenvalue weighted by Crippen LogP contribution is -2.52. The second-order valence-electron chi connectivity index (χ2n) is 7.95. The third-order valence-electron chi connectivity index (χ3n) is 6.08. The van der Waals surface area contributed by atoms with Gasteiger partial charge in [0.05, 0.1) is 0 Å². The molecule has 0 unspecified atom stereocenters. The van der Waals surface area contributed by atoms with E-state index in [2.05, 4.69) is 22.5 Å². The van der Waals surface area contributed by atoms with Gasteiger partial charge in [-0.25, -0.2) is 0 Å². The summed E-state index contributed by atoms with van der Waals surface area (Å²) in [5.41, 5.74) is 2.84. The maximum absolute atomic E-state index is 13.1. The molecule has 0 spiro atoms. The topological polar surface area (TPSA) is 63.6 Å². The van der Waals surface area contributed by atoms with E-state index >= 15 is 0 Å². The number of benzene rings is 2. The summed E-state index contributed by atoms with van der Waals surface area (Å²) >= 11 is 3.66. The Morgan fingerprint density at radius 2 is 1.97 bits per heavy atom. The minimum atomic E-state index is -1.16. The molecule has 0 bridgehead atoms. The Balaban J connectivity index is 1.70. The molecule has 0 saturated carbocycles. The van der Waals surface area contributed by atoms with Crippen LogP contribution < -0.4 is 4.74 Å². The molecule has 0 aliphatic heterocycles. The minimum absolute atomic E-state index is 0.00862. The first-order chi connectivity index (χ1) is 14.9. The molecule has 0 radical (unpaired) electrons. The van der Waals surface area contributed by atoms with Crippen molar-refractivity contribution in [3.05, 3.63) is 95.6 Å². The molecule has 2 aromatic carbocycles. The number of ketones is 2. The summed E-state index contributed by atoms with van der Waals surface area (Å²) < 4.78 is 4.65. The number of allylic oxidation sites excluding steroid dienone is 5. The van der Waals surface area contributed by atoms with Crippen LogP contribution in [0.5, 0.6) is 11.5 Å². The maximum atomic E-state index is 13.1. The summed E-state index contributed by atoms with van der Waals surface area (Å²) in [6, 6.07) is 14.8. The predicted molar refractivity (Wildman–Crippen MR) is 123 cm³/mol. The highest BCUT2D eigenvalue weighted by molar-refractivity contribution is 9.10. The average molecular weight is 479 g/mol. The Morgan fingerprint density at radius 3 is 2.65 bits per heavy atom. The Labute approximate surface area is 190 Å². The van der Waals surface area contributed by atoms with Gasteiger partial charge < -0.3 is 9.84 Å². The zero-order valence-corrected chi connectivity index (χ0v) is 18.8. The highest BCUT2D eigenvalue weighted by atomic mass is 79.9. The van der Waals surface area contributed by atoms with E-state index < -0.39 is 16.2 Å². The Kier molecular flexibility index (Phi) is 5.71. The van der Waals surface area contributed by atoms with Crippen LogP contribution in [0.1, 0.15) is 30.4 Å². The van der Waals surface area contributed by atoms with Crippen molar-refractivity contribution in [3.8, 4) is 11.5 Å². The highest BCUT2D eigenvalue weighted by Gasteiger charge is 2.56. The second kappa shape index (κ2) is 8.31. The number of phenols is 1. The van der Waals surface area contributed by atoms with Gasteiger partial charge in [-0.2, -0.15) is 0 Å². The molecule has 158 valence electrons. The third kappa shape index (κ3) is 3.68. The van der Waals surface area contributed by atoms with Gasteiger partial charge >= 0.3 is 0 Å². The molecule has 2 aromatic rings. The van der Waals surface area contributed by atoms with E-state index in [0.717, 1.165) is 11.1 Å². The molecule has 2 aliphatic rings. The number of hydrogen-bond donors (Lipinski definition) is 1. The average Bonchev–Trinajstić information content (AvgIpc) is 2.77. The molecule has 0 saturated heterocycles. The molecule has 31 heavy (non-hydrogen) atoms. The van der Waals surface area contributed by atoms with Crippen molar-refractivity contribution < 1.29 is 19.4 Å². The fourth-order valence-corrected chi connectivity index (χ4v) is 5.48. The molecular weight excluding hydrogens is 456 g/mol. The molecule has 0 aromatic heterocycles. The first-order valence-corrected chi connectivity index (χ1v) is 10.9. The molecule has 4 rings (SSSR count). The number of phenolic OH excluding ortho intramolecular Hbond substituents is 1. The molecule has 0 heterocycles. The SMILES string of the molecule is C=CC1=CC[C@H]2C(=O)C(C)=CC(=O)[C@@]2(Br)[C@H]1c1ccc(OCc2ccccc2)cc1O. The van der Waals surface area contributed by atoms with Crippen LogP contribution in [0.4, 0.5) is 0 Å². The predicted octanol–water partition coefficient (Wildman–Crippen LogP) is 5.42. The zero-order valence-electron chi connectivity index (χ0n) is 17.2. The van der Waals surface area contributed by atoms with Crippen LogP contribution in [0, 0.1) is 5.92 Å². The highest BCUT2D eigenvalue weighted by Crippen LogP contribution is 2.55. The van der Waals surface area contributed by atoms with Gasteiger partial charge in [-0.1, -0.05) is 71.1 Å². The van der Waals surface area contributed by atoms with E-state index in [9.17, 15) is 14.7 Å². The molecule has 1 N–H and O–H groups in total. The van der Waals surface area contributed by atoms with E-state index in [4.69, 9.17) is 4.74 Å². The van der Waals surface area contributed by atoms with Gasteiger partial charge in [-0.3, -0.25) is 9.59 Å². The summed E-state index contributed by atoms with van der Waals surface area (Å²) in [4.78, 5) is 26.0. The first kappa shape index (κ1) is 21.3. The quantitative estimate of drug-likeness (QED) is 0.582. The molecular formula is C26H23BrO4. The van der Waals surface area contributed by atoms with Gasteiger partial charge in [-0.05, 0) is 42.2 Å². The van der Waals surface area contributed by atoms with E-state index in [0.29, 0.717) is 29.9 Å². The van der Waals surface area contributed by atoms with E-state index in [-0.39, 0.29) is 17.3 Å². The normalized spacial score (nSPS) is 25.4. The van der Waals surface area contributed by atoms with Crippen molar-refractivity contribution in [1.29, 1.82) is 0 Å². The number of fused-ring (bicyclic) bond motifs is 1. The molecule has 0 fully saturated rings. The summed E-state index contributed by atoms with van der Waals surface area (Å²) in [6.07, 6.45) is 5.47. The fourth-order valence-electron chi connectivity index (χ4n) is 4.46. The Hall–Kier alpha value is -2.92. The van der Waals surface area contributed by atoms with Crippen molar-refractivity contribution in [3.63, 3.8) is 0 Å². The van der Waals surface area contributed by atoms with Crippen molar-refractivity contribution in [2.24, 2.45) is 5.92 Å². The lowest BCUT2D eigenvalue weighted by atomic mass is 9.62. The fraction of sp³-hybridized carbons (Fsp3) is 0.231. The maximum Gasteiger partial charge on any atom is 0.174 e. The summed E-state index contributed by atoms with van der Waals surface area (Å²) in [6.45, 7) is 5.94. The van der Waals surface area contributed by atoms with Gasteiger partial charge in [0.2, 0.25) is 0 Å². The number of halogens is 1. The third-order valence-corrected chi connectivity index (χ3v) is 7.48. The lowest BCUT2D eigenvalue weighted by Gasteiger charge is -2.45. The minimum Gasteiger partial charge on any atom is -0.508 e. The molecule has 0 amide bonds.